The highest BCUT2D eigenvalue weighted by Gasteiger charge is 2.35. The molecule has 0 spiro atoms. The molecule has 0 amide bonds. The van der Waals surface area contributed by atoms with E-state index in [9.17, 15) is 4.79 Å². The number of likely N-dealkylation sites (tertiary alicyclic amines) is 1. The average molecular weight is 277 g/mol. The van der Waals surface area contributed by atoms with Crippen LogP contribution in [-0.4, -0.2) is 29.3 Å². The molecule has 0 bridgehead atoms. The predicted molar refractivity (Wildman–Crippen MR) is 84.9 cm³/mol. The number of nitrogens with zero attached hydrogens (tertiary/aromatic N) is 1. The highest BCUT2D eigenvalue weighted by atomic mass is 16.1. The zero-order valence-electron chi connectivity index (χ0n) is 13.4. The van der Waals surface area contributed by atoms with Crippen LogP contribution in [0.15, 0.2) is 11.6 Å². The summed E-state index contributed by atoms with van der Waals surface area (Å²) in [6.07, 6.45) is 14.5. The summed E-state index contributed by atoms with van der Waals surface area (Å²) in [5.41, 5.74) is 0.800. The van der Waals surface area contributed by atoms with Crippen LogP contribution in [0.4, 0.5) is 0 Å². The first-order chi connectivity index (χ1) is 9.62. The fourth-order valence-electron chi connectivity index (χ4n) is 3.56. The van der Waals surface area contributed by atoms with Gasteiger partial charge in [0.15, 0.2) is 5.78 Å². The standard InChI is InChI=1S/C18H31NO/c1-18(2,19-14-10-6-7-11-15-19)17(20)16-12-8-4-3-5-9-13-16/h12H,3-11,13-15H2,1-2H3. The lowest BCUT2D eigenvalue weighted by Crippen LogP contribution is -2.51. The molecule has 1 fully saturated rings. The van der Waals surface area contributed by atoms with E-state index in [-0.39, 0.29) is 5.54 Å². The first kappa shape index (κ1) is 15.8. The van der Waals surface area contributed by atoms with E-state index in [0.29, 0.717) is 5.78 Å². The van der Waals surface area contributed by atoms with Crippen LogP contribution in [0.3, 0.4) is 0 Å². The van der Waals surface area contributed by atoms with Crippen molar-refractivity contribution in [2.45, 2.75) is 83.6 Å². The Morgan fingerprint density at radius 2 is 1.55 bits per heavy atom. The molecule has 1 aliphatic heterocycles. The molecule has 2 nitrogen and oxygen atoms in total. The Kier molecular flexibility index (Phi) is 5.83. The molecule has 114 valence electrons. The molecule has 2 aliphatic rings. The molecule has 0 aromatic heterocycles. The Hall–Kier alpha value is -0.630. The van der Waals surface area contributed by atoms with Crippen LogP contribution in [0.2, 0.25) is 0 Å². The van der Waals surface area contributed by atoms with Gasteiger partial charge in [-0.15, -0.1) is 0 Å². The lowest BCUT2D eigenvalue weighted by Gasteiger charge is -2.37. The second-order valence-corrected chi connectivity index (χ2v) is 6.97. The van der Waals surface area contributed by atoms with Crippen molar-refractivity contribution in [2.75, 3.05) is 13.1 Å². The summed E-state index contributed by atoms with van der Waals surface area (Å²) < 4.78 is 0. The maximum Gasteiger partial charge on any atom is 0.178 e. The van der Waals surface area contributed by atoms with Crippen molar-refractivity contribution in [3.05, 3.63) is 11.6 Å². The SMILES string of the molecule is CC(C)(C(=O)C1=CCCCCCC1)N1CCCCCC1. The van der Waals surface area contributed by atoms with Gasteiger partial charge in [-0.2, -0.15) is 0 Å². The quantitative estimate of drug-likeness (QED) is 0.757. The number of rotatable bonds is 3. The Balaban J connectivity index is 2.07. The summed E-state index contributed by atoms with van der Waals surface area (Å²) in [5, 5.41) is 0. The number of hydrogen-bond donors (Lipinski definition) is 0. The van der Waals surface area contributed by atoms with Crippen LogP contribution < -0.4 is 0 Å². The summed E-state index contributed by atoms with van der Waals surface area (Å²) in [4.78, 5) is 15.4. The summed E-state index contributed by atoms with van der Waals surface area (Å²) in [5.74, 6) is 0.390. The molecule has 0 saturated carbocycles. The van der Waals surface area contributed by atoms with Crippen molar-refractivity contribution in [1.82, 2.24) is 4.90 Å². The number of ketones is 1. The lowest BCUT2D eigenvalue weighted by atomic mass is 9.86. The van der Waals surface area contributed by atoms with Crippen molar-refractivity contribution >= 4 is 5.78 Å². The van der Waals surface area contributed by atoms with Crippen LogP contribution in [0.25, 0.3) is 0 Å². The molecule has 1 aliphatic carbocycles. The van der Waals surface area contributed by atoms with E-state index >= 15 is 0 Å². The van der Waals surface area contributed by atoms with E-state index in [1.54, 1.807) is 0 Å². The van der Waals surface area contributed by atoms with Crippen LogP contribution >= 0.6 is 0 Å². The first-order valence-electron chi connectivity index (χ1n) is 8.61. The second kappa shape index (κ2) is 7.40. The normalized spacial score (nSPS) is 23.4. The third-order valence-electron chi connectivity index (χ3n) is 5.03. The van der Waals surface area contributed by atoms with E-state index in [1.807, 2.05) is 0 Å². The highest BCUT2D eigenvalue weighted by molar-refractivity contribution is 6.02. The van der Waals surface area contributed by atoms with Crippen molar-refractivity contribution in [1.29, 1.82) is 0 Å². The molecule has 2 heteroatoms. The van der Waals surface area contributed by atoms with Crippen LogP contribution in [0.5, 0.6) is 0 Å². The zero-order valence-corrected chi connectivity index (χ0v) is 13.4. The fraction of sp³-hybridized carbons (Fsp3) is 0.833. The maximum absolute atomic E-state index is 13.0. The molecule has 20 heavy (non-hydrogen) atoms. The largest absolute Gasteiger partial charge is 0.292 e. The van der Waals surface area contributed by atoms with Crippen LogP contribution in [0, 0.1) is 0 Å². The van der Waals surface area contributed by atoms with Crippen molar-refractivity contribution in [2.24, 2.45) is 0 Å². The summed E-state index contributed by atoms with van der Waals surface area (Å²) in [6.45, 7) is 6.46. The summed E-state index contributed by atoms with van der Waals surface area (Å²) >= 11 is 0. The lowest BCUT2D eigenvalue weighted by molar-refractivity contribution is -0.125. The van der Waals surface area contributed by atoms with Gasteiger partial charge in [0.2, 0.25) is 0 Å². The van der Waals surface area contributed by atoms with Gasteiger partial charge in [-0.1, -0.05) is 31.8 Å². The number of hydrogen-bond acceptors (Lipinski definition) is 2. The molecule has 0 radical (unpaired) electrons. The third-order valence-corrected chi connectivity index (χ3v) is 5.03. The minimum atomic E-state index is -0.310. The maximum atomic E-state index is 13.0. The minimum absolute atomic E-state index is 0.310. The number of Topliss-reactive ketones (excluding diaryl/α,β-unsaturated/α-hetero) is 1. The minimum Gasteiger partial charge on any atom is -0.292 e. The molecular formula is C18H31NO. The third kappa shape index (κ3) is 3.94. The van der Waals surface area contributed by atoms with Crippen molar-refractivity contribution in [3.8, 4) is 0 Å². The van der Waals surface area contributed by atoms with E-state index < -0.39 is 0 Å². The van der Waals surface area contributed by atoms with Crippen LogP contribution in [-0.2, 0) is 4.79 Å². The van der Waals surface area contributed by atoms with Gasteiger partial charge in [0.1, 0.15) is 0 Å². The topological polar surface area (TPSA) is 20.3 Å². The first-order valence-corrected chi connectivity index (χ1v) is 8.61. The summed E-state index contributed by atoms with van der Waals surface area (Å²) in [7, 11) is 0. The average Bonchev–Trinajstić information content (AvgIpc) is 2.67. The van der Waals surface area contributed by atoms with Crippen molar-refractivity contribution < 1.29 is 4.79 Å². The van der Waals surface area contributed by atoms with Gasteiger partial charge in [-0.25, -0.2) is 0 Å². The van der Waals surface area contributed by atoms with Gasteiger partial charge in [0.25, 0.3) is 0 Å². The van der Waals surface area contributed by atoms with E-state index in [4.69, 9.17) is 0 Å². The van der Waals surface area contributed by atoms with Gasteiger partial charge in [-0.3, -0.25) is 9.69 Å². The predicted octanol–water partition coefficient (Wildman–Crippen LogP) is 4.49. The number of allylic oxidation sites excluding steroid dienone is 1. The molecule has 0 atom stereocenters. The number of carbonyl (C=O) groups is 1. The molecule has 0 N–H and O–H groups in total. The van der Waals surface area contributed by atoms with Gasteiger partial charge >= 0.3 is 0 Å². The molecule has 1 saturated heterocycles. The van der Waals surface area contributed by atoms with E-state index in [2.05, 4.69) is 24.8 Å². The van der Waals surface area contributed by atoms with Gasteiger partial charge in [0.05, 0.1) is 5.54 Å². The zero-order chi connectivity index (χ0) is 14.4. The molecule has 0 aromatic carbocycles. The molecule has 0 unspecified atom stereocenters. The molecule has 2 rings (SSSR count). The molecule has 0 aromatic rings. The summed E-state index contributed by atoms with van der Waals surface area (Å²) in [6, 6.07) is 0. The van der Waals surface area contributed by atoms with E-state index in [1.165, 1.54) is 51.4 Å². The van der Waals surface area contributed by atoms with Gasteiger partial charge < -0.3 is 0 Å². The monoisotopic (exact) mass is 277 g/mol. The van der Waals surface area contributed by atoms with Crippen molar-refractivity contribution in [3.63, 3.8) is 0 Å². The smallest absolute Gasteiger partial charge is 0.178 e. The molecule has 1 heterocycles. The van der Waals surface area contributed by atoms with E-state index in [0.717, 1.165) is 31.5 Å². The van der Waals surface area contributed by atoms with Crippen LogP contribution in [0.1, 0.15) is 78.1 Å². The number of carbonyl (C=O) groups excluding carboxylic acids is 1. The Bertz CT molecular complexity index is 348. The van der Waals surface area contributed by atoms with Gasteiger partial charge in [0, 0.05) is 0 Å². The highest BCUT2D eigenvalue weighted by Crippen LogP contribution is 2.27. The Morgan fingerprint density at radius 1 is 0.950 bits per heavy atom. The Labute approximate surface area is 124 Å². The second-order valence-electron chi connectivity index (χ2n) is 6.97. The molecular weight excluding hydrogens is 246 g/mol. The fourth-order valence-corrected chi connectivity index (χ4v) is 3.56. The Morgan fingerprint density at radius 3 is 2.25 bits per heavy atom. The van der Waals surface area contributed by atoms with Gasteiger partial charge in [-0.05, 0) is 71.0 Å².